The summed E-state index contributed by atoms with van der Waals surface area (Å²) in [6, 6.07) is 0. The predicted octanol–water partition coefficient (Wildman–Crippen LogP) is 5.08. The van der Waals surface area contributed by atoms with Gasteiger partial charge in [-0.25, -0.2) is 0 Å². The van der Waals surface area contributed by atoms with Crippen molar-refractivity contribution in [2.45, 2.75) is 71.9 Å². The van der Waals surface area contributed by atoms with Crippen LogP contribution in [0.5, 0.6) is 0 Å². The number of hydrogen-bond donors (Lipinski definition) is 0. The highest BCUT2D eigenvalue weighted by atomic mass is 16.7. The third kappa shape index (κ3) is 4.85. The highest BCUT2D eigenvalue weighted by molar-refractivity contribution is 5.32. The van der Waals surface area contributed by atoms with Gasteiger partial charge in [-0.2, -0.15) is 0 Å². The van der Waals surface area contributed by atoms with Gasteiger partial charge >= 0.3 is 0 Å². The predicted molar refractivity (Wildman–Crippen MR) is 126 cm³/mol. The summed E-state index contributed by atoms with van der Waals surface area (Å²) >= 11 is 0. The van der Waals surface area contributed by atoms with Crippen LogP contribution in [0.15, 0.2) is 23.8 Å². The van der Waals surface area contributed by atoms with Crippen molar-refractivity contribution in [1.29, 1.82) is 0 Å². The van der Waals surface area contributed by atoms with Crippen LogP contribution in [0.4, 0.5) is 0 Å². The van der Waals surface area contributed by atoms with Crippen LogP contribution >= 0.6 is 0 Å². The fraction of sp³-hybridized carbons (Fsp3) is 0.852. The molecule has 1 saturated carbocycles. The molecule has 2 aliphatic carbocycles. The van der Waals surface area contributed by atoms with Crippen LogP contribution in [0.1, 0.15) is 59.8 Å². The monoisotopic (exact) mass is 464 g/mol. The third-order valence-electron chi connectivity index (χ3n) is 8.84. The molecule has 188 valence electrons. The maximum atomic E-state index is 6.39. The summed E-state index contributed by atoms with van der Waals surface area (Å²) in [6.45, 7) is 13.3. The summed E-state index contributed by atoms with van der Waals surface area (Å²) in [4.78, 5) is 0. The lowest BCUT2D eigenvalue weighted by Gasteiger charge is -2.57. The van der Waals surface area contributed by atoms with Gasteiger partial charge in [0.2, 0.25) is 0 Å². The summed E-state index contributed by atoms with van der Waals surface area (Å²) in [7, 11) is 1.67. The minimum absolute atomic E-state index is 0.0570. The molecule has 0 radical (unpaired) electrons. The van der Waals surface area contributed by atoms with E-state index < -0.39 is 5.79 Å². The smallest absolute Gasteiger partial charge is 0.171 e. The zero-order valence-corrected chi connectivity index (χ0v) is 21.3. The van der Waals surface area contributed by atoms with Gasteiger partial charge < -0.3 is 28.4 Å². The Bertz CT molecular complexity index is 703. The molecule has 4 rings (SSSR count). The lowest BCUT2D eigenvalue weighted by molar-refractivity contribution is -0.254. The normalized spacial score (nSPS) is 35.5. The first-order chi connectivity index (χ1) is 15.9. The second-order valence-electron chi connectivity index (χ2n) is 10.8. The van der Waals surface area contributed by atoms with Crippen LogP contribution in [0, 0.1) is 28.6 Å². The maximum absolute atomic E-state index is 6.39. The zero-order valence-electron chi connectivity index (χ0n) is 21.3. The number of ether oxygens (including phenoxy) is 6. The van der Waals surface area contributed by atoms with E-state index in [1.165, 1.54) is 5.57 Å². The van der Waals surface area contributed by atoms with Crippen molar-refractivity contribution in [3.05, 3.63) is 23.8 Å². The minimum Gasteiger partial charge on any atom is -0.359 e. The van der Waals surface area contributed by atoms with Crippen molar-refractivity contribution in [2.24, 2.45) is 28.6 Å². The number of hydrogen-bond acceptors (Lipinski definition) is 6. The van der Waals surface area contributed by atoms with Crippen LogP contribution in [-0.4, -0.2) is 59.0 Å². The van der Waals surface area contributed by atoms with Gasteiger partial charge in [0, 0.05) is 32.5 Å². The number of fused-ring (bicyclic) bond motifs is 1. The van der Waals surface area contributed by atoms with Gasteiger partial charge in [0.05, 0.1) is 26.4 Å². The van der Waals surface area contributed by atoms with E-state index in [2.05, 4.69) is 45.9 Å². The van der Waals surface area contributed by atoms with Crippen molar-refractivity contribution in [3.8, 4) is 0 Å². The fourth-order valence-electron chi connectivity index (χ4n) is 6.90. The standard InChI is InChI=1S/C27H44O6/c1-20-17-26(11-8-12-29-19-28-5)22(9-6-7-10-24-30-13-14-31-24)21(2)27(32-15-16-33-27)18-23(26)25(20,3)4/h6,9,17,21-24H,7-8,10-16,18-19H2,1-5H3/b9-6+/t21-,22+,23+,26+/m1/s1. The van der Waals surface area contributed by atoms with E-state index in [1.807, 2.05) is 0 Å². The summed E-state index contributed by atoms with van der Waals surface area (Å²) in [5.41, 5.74) is 1.66. The average Bonchev–Trinajstić information content (AvgIpc) is 3.51. The molecular weight excluding hydrogens is 420 g/mol. The molecule has 6 heteroatoms. The molecule has 4 atom stereocenters. The summed E-state index contributed by atoms with van der Waals surface area (Å²) in [5.74, 6) is 0.574. The van der Waals surface area contributed by atoms with Crippen molar-refractivity contribution in [2.75, 3.05) is 46.9 Å². The molecule has 2 saturated heterocycles. The van der Waals surface area contributed by atoms with Gasteiger partial charge in [-0.05, 0) is 48.9 Å². The molecule has 1 spiro atoms. The molecule has 0 aromatic carbocycles. The van der Waals surface area contributed by atoms with Gasteiger partial charge in [0.1, 0.15) is 6.79 Å². The summed E-state index contributed by atoms with van der Waals surface area (Å²) in [6.07, 6.45) is 12.2. The topological polar surface area (TPSA) is 55.4 Å². The van der Waals surface area contributed by atoms with Gasteiger partial charge in [-0.3, -0.25) is 0 Å². The van der Waals surface area contributed by atoms with Crippen molar-refractivity contribution < 1.29 is 28.4 Å². The van der Waals surface area contributed by atoms with Crippen molar-refractivity contribution >= 4 is 0 Å². The van der Waals surface area contributed by atoms with Crippen LogP contribution in [0.2, 0.25) is 0 Å². The SMILES string of the molecule is COCOCCC[C@@]12C=C(C)C(C)(C)[C@@H]1CC1(OCCO1)[C@H](C)[C@@H]2/C=C/CCC1OCCO1. The van der Waals surface area contributed by atoms with Crippen molar-refractivity contribution in [3.63, 3.8) is 0 Å². The van der Waals surface area contributed by atoms with Crippen LogP contribution in [-0.2, 0) is 28.4 Å². The summed E-state index contributed by atoms with van der Waals surface area (Å²) < 4.78 is 34.8. The quantitative estimate of drug-likeness (QED) is 0.255. The van der Waals surface area contributed by atoms with Gasteiger partial charge in [-0.15, -0.1) is 0 Å². The Morgan fingerprint density at radius 2 is 1.85 bits per heavy atom. The van der Waals surface area contributed by atoms with E-state index in [0.29, 0.717) is 45.1 Å². The molecule has 2 aliphatic heterocycles. The van der Waals surface area contributed by atoms with Gasteiger partial charge in [0.15, 0.2) is 12.1 Å². The first-order valence-corrected chi connectivity index (χ1v) is 12.8. The largest absolute Gasteiger partial charge is 0.359 e. The molecule has 33 heavy (non-hydrogen) atoms. The first-order valence-electron chi connectivity index (χ1n) is 12.8. The average molecular weight is 465 g/mol. The molecule has 0 aromatic heterocycles. The van der Waals surface area contributed by atoms with Crippen LogP contribution in [0.25, 0.3) is 0 Å². The molecule has 0 bridgehead atoms. The second-order valence-corrected chi connectivity index (χ2v) is 10.8. The molecule has 0 amide bonds. The van der Waals surface area contributed by atoms with Crippen molar-refractivity contribution in [1.82, 2.24) is 0 Å². The second kappa shape index (κ2) is 10.5. The van der Waals surface area contributed by atoms with E-state index in [0.717, 1.165) is 38.7 Å². The number of rotatable bonds is 10. The highest BCUT2D eigenvalue weighted by Crippen LogP contribution is 2.67. The lowest BCUT2D eigenvalue weighted by Crippen LogP contribution is -2.57. The fourth-order valence-corrected chi connectivity index (χ4v) is 6.90. The Kier molecular flexibility index (Phi) is 8.04. The number of allylic oxidation sites excluding steroid dienone is 4. The van der Waals surface area contributed by atoms with E-state index in [1.54, 1.807) is 7.11 Å². The molecule has 3 fully saturated rings. The lowest BCUT2D eigenvalue weighted by atomic mass is 9.51. The Balaban J connectivity index is 1.59. The van der Waals surface area contributed by atoms with Gasteiger partial charge in [-0.1, -0.05) is 44.6 Å². The molecular formula is C27H44O6. The molecule has 0 unspecified atom stereocenters. The minimum atomic E-state index is -0.483. The van der Waals surface area contributed by atoms with Crippen LogP contribution < -0.4 is 0 Å². The van der Waals surface area contributed by atoms with Gasteiger partial charge in [0.25, 0.3) is 0 Å². The summed E-state index contributed by atoms with van der Waals surface area (Å²) in [5, 5.41) is 0. The van der Waals surface area contributed by atoms with E-state index in [4.69, 9.17) is 28.4 Å². The Hall–Kier alpha value is -0.760. The molecule has 0 N–H and O–H groups in total. The Morgan fingerprint density at radius 3 is 2.55 bits per heavy atom. The zero-order chi connectivity index (χ0) is 23.5. The Labute approximate surface area is 200 Å². The number of methoxy groups -OCH3 is 1. The van der Waals surface area contributed by atoms with Crippen LogP contribution in [0.3, 0.4) is 0 Å². The van der Waals surface area contributed by atoms with E-state index >= 15 is 0 Å². The van der Waals surface area contributed by atoms with E-state index in [9.17, 15) is 0 Å². The maximum Gasteiger partial charge on any atom is 0.171 e. The molecule has 4 aliphatic rings. The molecule has 2 heterocycles. The highest BCUT2D eigenvalue weighted by Gasteiger charge is 2.64. The molecule has 0 aromatic rings. The molecule has 6 nitrogen and oxygen atoms in total. The van der Waals surface area contributed by atoms with E-state index in [-0.39, 0.29) is 23.0 Å². The first kappa shape index (κ1) is 25.3. The Morgan fingerprint density at radius 1 is 1.12 bits per heavy atom. The third-order valence-corrected chi connectivity index (χ3v) is 8.84.